The van der Waals surface area contributed by atoms with Crippen LogP contribution in [-0.4, -0.2) is 99.6 Å². The maximum atomic E-state index is 13.5. The molecule has 1 saturated heterocycles. The topological polar surface area (TPSA) is 175 Å². The number of amides is 1. The number of carbonyl (C=O) groups is 2. The first-order valence-electron chi connectivity index (χ1n) is 35.8. The molecule has 0 aromatic heterocycles. The van der Waals surface area contributed by atoms with Crippen LogP contribution in [0.2, 0.25) is 0 Å². The van der Waals surface area contributed by atoms with Crippen LogP contribution in [0.4, 0.5) is 0 Å². The maximum absolute atomic E-state index is 13.5. The Hall–Kier alpha value is -4.72. The Kier molecular flexibility index (Phi) is 59.6. The summed E-state index contributed by atoms with van der Waals surface area (Å²) >= 11 is 0. The zero-order chi connectivity index (χ0) is 65.3. The van der Waals surface area contributed by atoms with Gasteiger partial charge in [-0.25, -0.2) is 0 Å². The van der Waals surface area contributed by atoms with Crippen LogP contribution in [-0.2, 0) is 23.8 Å². The summed E-state index contributed by atoms with van der Waals surface area (Å²) in [4.78, 5) is 26.7. The highest BCUT2D eigenvalue weighted by atomic mass is 16.7. The van der Waals surface area contributed by atoms with Crippen LogP contribution < -0.4 is 5.32 Å². The second-order valence-electron chi connectivity index (χ2n) is 23.9. The molecule has 0 spiro atoms. The van der Waals surface area contributed by atoms with Gasteiger partial charge in [0.2, 0.25) is 5.91 Å². The predicted molar refractivity (Wildman–Crippen MR) is 379 cm³/mol. The number of rotatable bonds is 59. The van der Waals surface area contributed by atoms with Crippen LogP contribution >= 0.6 is 0 Å². The Morgan fingerprint density at radius 2 is 0.800 bits per heavy atom. The molecule has 6 N–H and O–H groups in total. The number of carbonyl (C=O) groups excluding carboxylic acids is 2. The van der Waals surface area contributed by atoms with Gasteiger partial charge >= 0.3 is 5.97 Å². The molecule has 0 aliphatic carbocycles. The Balaban J connectivity index is 2.62. The standard InChI is InChI=1S/C79H129NO10/c1-4-7-10-13-16-19-22-25-27-29-31-33-35-37-39-41-43-45-47-49-52-55-58-61-64-67-74(84)90-77-76(86)75(85)73(68-81)89-79(77)88-69-70(71(82)65-62-59-56-53-50-24-21-18-15-12-9-6-3)80-78(87)72(83)66-63-60-57-54-51-48-46-44-42-40-38-36-34-32-30-28-26-23-20-17-14-11-8-5-2/h7-8,10-11,16-17,19-20,25-28,31-34,37-40,43-46,62,65,70-73,75-77,79,81-83,85-86H,4-6,9,12-15,18,21-24,29-30,35-36,41-42,47-61,63-64,66-69H2,1-3H3,(H,80,87)/b10-7-,11-8-,19-16-,20-17-,27-25-,28-26-,33-31-,34-32-,39-37-,40-38-,45-43-,46-44-,65-62+. The van der Waals surface area contributed by atoms with Crippen molar-refractivity contribution in [2.75, 3.05) is 13.2 Å². The molecule has 0 bridgehead atoms. The largest absolute Gasteiger partial charge is 0.454 e. The van der Waals surface area contributed by atoms with Gasteiger partial charge in [-0.05, 0) is 128 Å². The summed E-state index contributed by atoms with van der Waals surface area (Å²) in [6, 6.07) is -1.05. The van der Waals surface area contributed by atoms with E-state index in [0.29, 0.717) is 12.8 Å². The third-order valence-electron chi connectivity index (χ3n) is 15.7. The van der Waals surface area contributed by atoms with Crippen LogP contribution in [0.5, 0.6) is 0 Å². The molecule has 1 fully saturated rings. The van der Waals surface area contributed by atoms with E-state index in [1.807, 2.05) is 6.08 Å². The molecule has 90 heavy (non-hydrogen) atoms. The van der Waals surface area contributed by atoms with Gasteiger partial charge < -0.3 is 45.1 Å². The highest BCUT2D eigenvalue weighted by Crippen LogP contribution is 2.26. The Bertz CT molecular complexity index is 2080. The number of hydrogen-bond donors (Lipinski definition) is 6. The number of unbranched alkanes of at least 4 members (excludes halogenated alkanes) is 21. The summed E-state index contributed by atoms with van der Waals surface area (Å²) in [5.74, 6) is -1.24. The molecule has 8 unspecified atom stereocenters. The lowest BCUT2D eigenvalue weighted by molar-refractivity contribution is -0.305. The minimum atomic E-state index is -1.64. The van der Waals surface area contributed by atoms with Crippen molar-refractivity contribution in [1.82, 2.24) is 5.32 Å². The van der Waals surface area contributed by atoms with E-state index in [9.17, 15) is 35.1 Å². The van der Waals surface area contributed by atoms with E-state index >= 15 is 0 Å². The van der Waals surface area contributed by atoms with E-state index < -0.39 is 67.4 Å². The van der Waals surface area contributed by atoms with Crippen LogP contribution in [0.15, 0.2) is 158 Å². The second-order valence-corrected chi connectivity index (χ2v) is 23.9. The first-order valence-corrected chi connectivity index (χ1v) is 35.8. The molecule has 510 valence electrons. The second kappa shape index (κ2) is 64.4. The van der Waals surface area contributed by atoms with Crippen LogP contribution in [0.3, 0.4) is 0 Å². The molecular weight excluding hydrogens is 1120 g/mol. The number of aliphatic hydroxyl groups is 5. The van der Waals surface area contributed by atoms with E-state index in [0.717, 1.165) is 173 Å². The molecule has 1 heterocycles. The summed E-state index contributed by atoms with van der Waals surface area (Å²) in [6.07, 6.45) is 84.1. The van der Waals surface area contributed by atoms with Gasteiger partial charge in [-0.3, -0.25) is 9.59 Å². The highest BCUT2D eigenvalue weighted by molar-refractivity contribution is 5.80. The molecule has 1 aliphatic heterocycles. The Morgan fingerprint density at radius 1 is 0.444 bits per heavy atom. The molecule has 8 atom stereocenters. The minimum Gasteiger partial charge on any atom is -0.454 e. The van der Waals surface area contributed by atoms with Gasteiger partial charge in [-0.15, -0.1) is 0 Å². The molecule has 1 aliphatic rings. The molecule has 1 amide bonds. The first kappa shape index (κ1) is 83.3. The monoisotopic (exact) mass is 1250 g/mol. The van der Waals surface area contributed by atoms with Gasteiger partial charge in [-0.1, -0.05) is 288 Å². The van der Waals surface area contributed by atoms with Crippen molar-refractivity contribution in [3.63, 3.8) is 0 Å². The van der Waals surface area contributed by atoms with Crippen LogP contribution in [0.1, 0.15) is 265 Å². The third-order valence-corrected chi connectivity index (χ3v) is 15.7. The SMILES string of the molecule is CC/C=C\C/C=C\C/C=C\C/C=C\C/C=C\C/C=C\CCCCCCCCC(=O)OC1C(OCC(NC(=O)C(O)CCCCCCC/C=C\C/C=C\C/C=C\C/C=C\C/C=C\C/C=C\CC)C(O)/C=C/CCCCCCCCCCCC)OC(CO)C(O)C1O. The molecule has 0 radical (unpaired) electrons. The van der Waals surface area contributed by atoms with Crippen molar-refractivity contribution < 1.29 is 49.3 Å². The highest BCUT2D eigenvalue weighted by Gasteiger charge is 2.47. The maximum Gasteiger partial charge on any atom is 0.306 e. The fraction of sp³-hybridized carbons (Fsp3) is 0.646. The molecule has 11 nitrogen and oxygen atoms in total. The Labute approximate surface area is 548 Å². The molecule has 1 rings (SSSR count). The van der Waals surface area contributed by atoms with E-state index in [1.165, 1.54) is 44.9 Å². The van der Waals surface area contributed by atoms with E-state index in [4.69, 9.17) is 14.2 Å². The molecule has 0 aromatic rings. The molecule has 11 heteroatoms. The van der Waals surface area contributed by atoms with Gasteiger partial charge in [0.15, 0.2) is 12.4 Å². The predicted octanol–water partition coefficient (Wildman–Crippen LogP) is 18.7. The lowest BCUT2D eigenvalue weighted by Gasteiger charge is -2.41. The van der Waals surface area contributed by atoms with Crippen molar-refractivity contribution in [2.24, 2.45) is 0 Å². The number of ether oxygens (including phenoxy) is 3. The summed E-state index contributed by atoms with van der Waals surface area (Å²) in [5, 5.41) is 57.3. The van der Waals surface area contributed by atoms with E-state index in [-0.39, 0.29) is 19.4 Å². The van der Waals surface area contributed by atoms with Gasteiger partial charge in [-0.2, -0.15) is 0 Å². The van der Waals surface area contributed by atoms with Crippen LogP contribution in [0.25, 0.3) is 0 Å². The Morgan fingerprint density at radius 3 is 1.20 bits per heavy atom. The van der Waals surface area contributed by atoms with Crippen molar-refractivity contribution in [3.05, 3.63) is 158 Å². The van der Waals surface area contributed by atoms with Crippen molar-refractivity contribution >= 4 is 11.9 Å². The fourth-order valence-corrected chi connectivity index (χ4v) is 10.1. The quantitative estimate of drug-likeness (QED) is 0.0195. The molecule has 0 saturated carbocycles. The molecule has 0 aromatic carbocycles. The fourth-order valence-electron chi connectivity index (χ4n) is 10.1. The summed E-state index contributed by atoms with van der Waals surface area (Å²) < 4.78 is 17.7. The van der Waals surface area contributed by atoms with Gasteiger partial charge in [0, 0.05) is 6.42 Å². The summed E-state index contributed by atoms with van der Waals surface area (Å²) in [7, 11) is 0. The van der Waals surface area contributed by atoms with Gasteiger partial charge in [0.1, 0.15) is 24.4 Å². The van der Waals surface area contributed by atoms with Crippen molar-refractivity contribution in [2.45, 2.75) is 314 Å². The van der Waals surface area contributed by atoms with E-state index in [1.54, 1.807) is 6.08 Å². The summed E-state index contributed by atoms with van der Waals surface area (Å²) in [6.45, 7) is 5.55. The number of allylic oxidation sites excluding steroid dienone is 25. The number of aliphatic hydroxyl groups excluding tert-OH is 5. The zero-order valence-corrected chi connectivity index (χ0v) is 56.7. The smallest absolute Gasteiger partial charge is 0.306 e. The minimum absolute atomic E-state index is 0.0947. The third kappa shape index (κ3) is 50.9. The van der Waals surface area contributed by atoms with Crippen molar-refractivity contribution in [3.8, 4) is 0 Å². The lowest BCUT2D eigenvalue weighted by atomic mass is 9.99. The van der Waals surface area contributed by atoms with E-state index in [2.05, 4.69) is 172 Å². The first-order chi connectivity index (χ1) is 44.2. The van der Waals surface area contributed by atoms with Crippen molar-refractivity contribution in [1.29, 1.82) is 0 Å². The molecular formula is C79H129NO10. The zero-order valence-electron chi connectivity index (χ0n) is 56.7. The number of esters is 1. The number of hydrogen-bond acceptors (Lipinski definition) is 10. The average Bonchev–Trinajstić information content (AvgIpc) is 1.18. The van der Waals surface area contributed by atoms with Gasteiger partial charge in [0.25, 0.3) is 0 Å². The summed E-state index contributed by atoms with van der Waals surface area (Å²) in [5.41, 5.74) is 0. The average molecular weight is 1250 g/mol. The van der Waals surface area contributed by atoms with Crippen LogP contribution in [0, 0.1) is 0 Å². The number of nitrogens with one attached hydrogen (secondary N) is 1. The normalized spacial score (nSPS) is 19.0. The van der Waals surface area contributed by atoms with Gasteiger partial charge in [0.05, 0.1) is 25.4 Å². The lowest BCUT2D eigenvalue weighted by Crippen LogP contribution is -2.61.